The van der Waals surface area contributed by atoms with E-state index in [2.05, 4.69) is 4.99 Å². The molecular formula is C8H8N2O2. The first-order valence-electron chi connectivity index (χ1n) is 3.60. The molecule has 0 fully saturated rings. The van der Waals surface area contributed by atoms with Gasteiger partial charge in [0.15, 0.2) is 0 Å². The van der Waals surface area contributed by atoms with Crippen molar-refractivity contribution in [1.29, 1.82) is 0 Å². The van der Waals surface area contributed by atoms with Crippen LogP contribution < -0.4 is 5.06 Å². The smallest absolute Gasteiger partial charge is 0.143 e. The average molecular weight is 164 g/mol. The third-order valence-electron chi connectivity index (χ3n) is 1.74. The largest absolute Gasteiger partial charge is 0.506 e. The van der Waals surface area contributed by atoms with E-state index < -0.39 is 0 Å². The van der Waals surface area contributed by atoms with Crippen LogP contribution in [0.3, 0.4) is 0 Å². The number of anilines is 1. The Hall–Kier alpha value is -1.55. The third-order valence-corrected chi connectivity index (χ3v) is 1.74. The number of hydrogen-bond acceptors (Lipinski definition) is 4. The van der Waals surface area contributed by atoms with Gasteiger partial charge >= 0.3 is 0 Å². The normalized spacial score (nSPS) is 14.6. The Morgan fingerprint density at radius 1 is 1.42 bits per heavy atom. The van der Waals surface area contributed by atoms with E-state index in [1.807, 2.05) is 0 Å². The highest BCUT2D eigenvalue weighted by atomic mass is 16.5. The van der Waals surface area contributed by atoms with Crippen molar-refractivity contribution in [2.75, 3.05) is 11.6 Å². The second-order valence-electron chi connectivity index (χ2n) is 2.54. The van der Waals surface area contributed by atoms with Crippen LogP contribution in [0.2, 0.25) is 0 Å². The van der Waals surface area contributed by atoms with Gasteiger partial charge in [-0.2, -0.15) is 0 Å². The predicted molar refractivity (Wildman–Crippen MR) is 45.4 cm³/mol. The summed E-state index contributed by atoms with van der Waals surface area (Å²) in [5.41, 5.74) is 0.962. The molecule has 0 radical (unpaired) electrons. The molecule has 1 aromatic rings. The maximum Gasteiger partial charge on any atom is 0.143 e. The number of benzene rings is 1. The lowest BCUT2D eigenvalue weighted by Crippen LogP contribution is -2.22. The summed E-state index contributed by atoms with van der Waals surface area (Å²) in [5, 5.41) is 19.6. The Balaban J connectivity index is 2.62. The van der Waals surface area contributed by atoms with E-state index in [0.29, 0.717) is 17.9 Å². The average Bonchev–Trinajstić information content (AvgIpc) is 2.04. The number of phenols is 1. The number of fused-ring (bicyclic) bond motifs is 1. The van der Waals surface area contributed by atoms with E-state index in [-0.39, 0.29) is 5.75 Å². The number of nitrogens with zero attached hydrogens (tertiary/aromatic N) is 2. The molecule has 0 saturated heterocycles. The number of aromatic hydroxyl groups is 1. The summed E-state index contributed by atoms with van der Waals surface area (Å²) >= 11 is 0. The summed E-state index contributed by atoms with van der Waals surface area (Å²) in [7, 11) is 0. The van der Waals surface area contributed by atoms with E-state index in [0.717, 1.165) is 5.06 Å². The Bertz CT molecular complexity index is 336. The molecule has 4 nitrogen and oxygen atoms in total. The summed E-state index contributed by atoms with van der Waals surface area (Å²) in [6.45, 7) is 0.310. The molecule has 2 N–H and O–H groups in total. The van der Waals surface area contributed by atoms with Crippen molar-refractivity contribution in [3.05, 3.63) is 18.2 Å². The van der Waals surface area contributed by atoms with Crippen molar-refractivity contribution in [1.82, 2.24) is 0 Å². The van der Waals surface area contributed by atoms with Crippen LogP contribution in [0.15, 0.2) is 23.2 Å². The molecule has 0 spiro atoms. The highest BCUT2D eigenvalue weighted by molar-refractivity contribution is 5.83. The van der Waals surface area contributed by atoms with Crippen molar-refractivity contribution in [3.63, 3.8) is 0 Å². The van der Waals surface area contributed by atoms with Gasteiger partial charge in [0.2, 0.25) is 0 Å². The molecule has 0 atom stereocenters. The lowest BCUT2D eigenvalue weighted by molar-refractivity contribution is 0.266. The maximum atomic E-state index is 9.35. The van der Waals surface area contributed by atoms with Gasteiger partial charge in [-0.15, -0.1) is 0 Å². The van der Waals surface area contributed by atoms with Gasteiger partial charge in [-0.3, -0.25) is 10.2 Å². The van der Waals surface area contributed by atoms with Crippen LogP contribution in [0.1, 0.15) is 0 Å². The molecular weight excluding hydrogens is 156 g/mol. The molecule has 0 aromatic heterocycles. The number of rotatable bonds is 0. The monoisotopic (exact) mass is 164 g/mol. The highest BCUT2D eigenvalue weighted by Crippen LogP contribution is 2.37. The molecule has 0 amide bonds. The number of aliphatic imine (C=N–C) groups is 1. The molecule has 1 aliphatic heterocycles. The lowest BCUT2D eigenvalue weighted by Gasteiger charge is -2.20. The van der Waals surface area contributed by atoms with Gasteiger partial charge < -0.3 is 5.11 Å². The second-order valence-corrected chi connectivity index (χ2v) is 2.54. The number of hydrogen-bond donors (Lipinski definition) is 2. The van der Waals surface area contributed by atoms with Gasteiger partial charge in [-0.25, -0.2) is 5.06 Å². The molecule has 0 unspecified atom stereocenters. The molecule has 1 aromatic carbocycles. The summed E-state index contributed by atoms with van der Waals surface area (Å²) in [5.74, 6) is 0.0480. The van der Waals surface area contributed by atoms with Crippen LogP contribution in [0.4, 0.5) is 11.4 Å². The molecule has 1 heterocycles. The minimum absolute atomic E-state index is 0.0480. The first-order chi connectivity index (χ1) is 5.79. The molecule has 1 aliphatic rings. The minimum Gasteiger partial charge on any atom is -0.506 e. The number of hydroxylamine groups is 1. The first-order valence-corrected chi connectivity index (χ1v) is 3.60. The zero-order chi connectivity index (χ0) is 8.55. The topological polar surface area (TPSA) is 56.1 Å². The summed E-state index contributed by atoms with van der Waals surface area (Å²) in [4.78, 5) is 4.02. The third kappa shape index (κ3) is 0.931. The quantitative estimate of drug-likeness (QED) is 0.607. The summed E-state index contributed by atoms with van der Waals surface area (Å²) < 4.78 is 0. The van der Waals surface area contributed by atoms with Crippen LogP contribution in [-0.2, 0) is 0 Å². The SMILES string of the molecule is Oc1cccc2c1N(O)CC=N2. The molecule has 0 bridgehead atoms. The zero-order valence-electron chi connectivity index (χ0n) is 6.31. The van der Waals surface area contributed by atoms with E-state index in [1.165, 1.54) is 6.07 Å². The maximum absolute atomic E-state index is 9.35. The fraction of sp³-hybridized carbons (Fsp3) is 0.125. The van der Waals surface area contributed by atoms with Crippen molar-refractivity contribution < 1.29 is 10.3 Å². The van der Waals surface area contributed by atoms with Gasteiger partial charge in [0.05, 0.1) is 12.2 Å². The minimum atomic E-state index is 0.0480. The van der Waals surface area contributed by atoms with Crippen LogP contribution in [0, 0.1) is 0 Å². The molecule has 12 heavy (non-hydrogen) atoms. The van der Waals surface area contributed by atoms with Crippen molar-refractivity contribution in [2.45, 2.75) is 0 Å². The fourth-order valence-electron chi connectivity index (χ4n) is 1.20. The summed E-state index contributed by atoms with van der Waals surface area (Å²) in [6.07, 6.45) is 1.59. The van der Waals surface area contributed by atoms with Crippen molar-refractivity contribution in [3.8, 4) is 5.75 Å². The zero-order valence-corrected chi connectivity index (χ0v) is 6.31. The van der Waals surface area contributed by atoms with E-state index in [4.69, 9.17) is 0 Å². The van der Waals surface area contributed by atoms with Gasteiger partial charge in [-0.05, 0) is 12.1 Å². The Morgan fingerprint density at radius 3 is 3.00 bits per heavy atom. The van der Waals surface area contributed by atoms with Crippen LogP contribution in [0.25, 0.3) is 0 Å². The van der Waals surface area contributed by atoms with E-state index in [1.54, 1.807) is 18.3 Å². The lowest BCUT2D eigenvalue weighted by atomic mass is 10.2. The Kier molecular flexibility index (Phi) is 1.48. The highest BCUT2D eigenvalue weighted by Gasteiger charge is 2.15. The molecule has 0 aliphatic carbocycles. The van der Waals surface area contributed by atoms with Crippen LogP contribution in [0.5, 0.6) is 5.75 Å². The Labute approximate surface area is 69.4 Å². The number of para-hydroxylation sites is 1. The van der Waals surface area contributed by atoms with E-state index >= 15 is 0 Å². The second kappa shape index (κ2) is 2.49. The number of phenolic OH excluding ortho intramolecular Hbond substituents is 1. The molecule has 2 rings (SSSR count). The van der Waals surface area contributed by atoms with Crippen molar-refractivity contribution in [2.24, 2.45) is 4.99 Å². The predicted octanol–water partition coefficient (Wildman–Crippen LogP) is 1.30. The standard InChI is InChI=1S/C8H8N2O2/c11-7-3-1-2-6-8(7)10(12)5-4-9-6/h1-4,11-12H,5H2. The molecule has 4 heteroatoms. The van der Waals surface area contributed by atoms with Gasteiger partial charge in [0.25, 0.3) is 0 Å². The van der Waals surface area contributed by atoms with E-state index in [9.17, 15) is 10.3 Å². The van der Waals surface area contributed by atoms with Crippen LogP contribution >= 0.6 is 0 Å². The summed E-state index contributed by atoms with van der Waals surface area (Å²) in [6, 6.07) is 4.93. The van der Waals surface area contributed by atoms with Crippen molar-refractivity contribution >= 4 is 17.6 Å². The van der Waals surface area contributed by atoms with Gasteiger partial charge in [0.1, 0.15) is 11.4 Å². The fourth-order valence-corrected chi connectivity index (χ4v) is 1.20. The Morgan fingerprint density at radius 2 is 2.25 bits per heavy atom. The van der Waals surface area contributed by atoms with Gasteiger partial charge in [-0.1, -0.05) is 6.07 Å². The van der Waals surface area contributed by atoms with Gasteiger partial charge in [0, 0.05) is 6.21 Å². The first kappa shape index (κ1) is 7.12. The van der Waals surface area contributed by atoms with Crippen LogP contribution in [-0.4, -0.2) is 23.1 Å². The molecule has 0 saturated carbocycles. The molecule has 62 valence electrons.